The van der Waals surface area contributed by atoms with E-state index < -0.39 is 11.7 Å². The van der Waals surface area contributed by atoms with Gasteiger partial charge in [0.1, 0.15) is 0 Å². The molecule has 0 aliphatic heterocycles. The Morgan fingerprint density at radius 3 is 1.54 bits per heavy atom. The number of nitrogens with zero attached hydrogens (tertiary/aromatic N) is 6. The molecule has 0 radical (unpaired) electrons. The first-order valence-electron chi connectivity index (χ1n) is 17.4. The molecule has 0 N–H and O–H groups in total. The molecule has 0 saturated carbocycles. The van der Waals surface area contributed by atoms with Crippen LogP contribution in [0.2, 0.25) is 0 Å². The van der Waals surface area contributed by atoms with Crippen LogP contribution in [0.1, 0.15) is 16.7 Å². The molecule has 56 heavy (non-hydrogen) atoms. The number of halogens is 3. The van der Waals surface area contributed by atoms with Gasteiger partial charge in [-0.05, 0) is 77.9 Å². The molecule has 0 atom stereocenters. The summed E-state index contributed by atoms with van der Waals surface area (Å²) in [6, 6.07) is 44.9. The van der Waals surface area contributed by atoms with Crippen LogP contribution in [0.15, 0.2) is 140 Å². The fourth-order valence-electron chi connectivity index (χ4n) is 7.91. The summed E-state index contributed by atoms with van der Waals surface area (Å²) >= 11 is 0. The highest BCUT2D eigenvalue weighted by molar-refractivity contribution is 6.13. The van der Waals surface area contributed by atoms with Gasteiger partial charge in [-0.25, -0.2) is 9.69 Å². The van der Waals surface area contributed by atoms with Crippen molar-refractivity contribution >= 4 is 55.0 Å². The van der Waals surface area contributed by atoms with Gasteiger partial charge in [0.2, 0.25) is 0 Å². The molecule has 9 rings (SSSR count). The Labute approximate surface area is 318 Å². The lowest BCUT2D eigenvalue weighted by Gasteiger charge is -2.23. The second-order valence-corrected chi connectivity index (χ2v) is 13.2. The van der Waals surface area contributed by atoms with Crippen molar-refractivity contribution in [2.75, 3.05) is 0 Å². The SMILES string of the molecule is [C-]#[N+]c1cc(C(F)(F)F)ccc1-c1cccc(-n2c3ccccc3c3cc(C#N)ccc32)c1-c1c([N+]#[C-])cccc1-n1c2ccccc2c2cc(C#N)ccc21. The van der Waals surface area contributed by atoms with Crippen LogP contribution < -0.4 is 0 Å². The molecule has 2 heterocycles. The molecular formula is C47H23F3N6. The summed E-state index contributed by atoms with van der Waals surface area (Å²) < 4.78 is 46.1. The minimum Gasteiger partial charge on any atom is -0.310 e. The van der Waals surface area contributed by atoms with Crippen molar-refractivity contribution < 1.29 is 13.2 Å². The van der Waals surface area contributed by atoms with Crippen LogP contribution in [0.3, 0.4) is 0 Å². The van der Waals surface area contributed by atoms with Gasteiger partial charge in [-0.15, -0.1) is 0 Å². The second-order valence-electron chi connectivity index (χ2n) is 13.2. The second kappa shape index (κ2) is 12.8. The van der Waals surface area contributed by atoms with Crippen LogP contribution >= 0.6 is 0 Å². The minimum absolute atomic E-state index is 0.193. The molecule has 9 heteroatoms. The topological polar surface area (TPSA) is 66.2 Å². The van der Waals surface area contributed by atoms with Crippen molar-refractivity contribution in [1.82, 2.24) is 9.13 Å². The minimum atomic E-state index is -4.67. The maximum atomic E-state index is 14.0. The number of fused-ring (bicyclic) bond motifs is 6. The van der Waals surface area contributed by atoms with Gasteiger partial charge in [0.05, 0.1) is 64.2 Å². The van der Waals surface area contributed by atoms with E-state index in [1.165, 1.54) is 6.07 Å². The Hall–Kier alpha value is -8.11. The van der Waals surface area contributed by atoms with E-state index in [4.69, 9.17) is 13.1 Å². The monoisotopic (exact) mass is 728 g/mol. The summed E-state index contributed by atoms with van der Waals surface area (Å²) in [6.07, 6.45) is -4.67. The number of nitriles is 2. The molecule has 6 nitrogen and oxygen atoms in total. The average Bonchev–Trinajstić information content (AvgIpc) is 3.74. The van der Waals surface area contributed by atoms with Crippen molar-refractivity contribution in [2.45, 2.75) is 6.18 Å². The largest absolute Gasteiger partial charge is 0.415 e. The smallest absolute Gasteiger partial charge is 0.310 e. The van der Waals surface area contributed by atoms with Crippen molar-refractivity contribution in [3.05, 3.63) is 179 Å². The molecule has 0 aliphatic rings. The Kier molecular flexibility index (Phi) is 7.69. The van der Waals surface area contributed by atoms with Gasteiger partial charge in [0.25, 0.3) is 0 Å². The Bertz CT molecular complexity index is 3300. The molecule has 262 valence electrons. The van der Waals surface area contributed by atoms with Crippen LogP contribution in [0.4, 0.5) is 24.5 Å². The molecule has 2 aromatic heterocycles. The highest BCUT2D eigenvalue weighted by Crippen LogP contribution is 2.50. The first-order chi connectivity index (χ1) is 27.2. The zero-order valence-electron chi connectivity index (χ0n) is 29.1. The van der Waals surface area contributed by atoms with E-state index in [0.717, 1.165) is 55.7 Å². The van der Waals surface area contributed by atoms with Gasteiger partial charge in [-0.1, -0.05) is 72.8 Å². The maximum absolute atomic E-state index is 14.0. The highest BCUT2D eigenvalue weighted by atomic mass is 19.4. The zero-order valence-corrected chi connectivity index (χ0v) is 29.1. The van der Waals surface area contributed by atoms with Gasteiger partial charge in [-0.2, -0.15) is 23.7 Å². The molecule has 0 amide bonds. The number of para-hydroxylation sites is 2. The molecule has 0 bridgehead atoms. The van der Waals surface area contributed by atoms with Crippen LogP contribution in [0, 0.1) is 35.8 Å². The van der Waals surface area contributed by atoms with E-state index in [9.17, 15) is 23.7 Å². The van der Waals surface area contributed by atoms with Crippen molar-refractivity contribution in [2.24, 2.45) is 0 Å². The van der Waals surface area contributed by atoms with Crippen LogP contribution in [-0.2, 0) is 6.18 Å². The van der Waals surface area contributed by atoms with Crippen molar-refractivity contribution in [1.29, 1.82) is 10.5 Å². The van der Waals surface area contributed by atoms with E-state index >= 15 is 0 Å². The number of aromatic nitrogens is 2. The first-order valence-corrected chi connectivity index (χ1v) is 17.4. The molecule has 0 fully saturated rings. The van der Waals surface area contributed by atoms with Gasteiger partial charge in [-0.3, -0.25) is 0 Å². The lowest BCUT2D eigenvalue weighted by molar-refractivity contribution is -0.137. The summed E-state index contributed by atoms with van der Waals surface area (Å²) in [5.41, 5.74) is 6.24. The van der Waals surface area contributed by atoms with Crippen molar-refractivity contribution in [3.8, 4) is 45.8 Å². The normalized spacial score (nSPS) is 11.4. The van der Waals surface area contributed by atoms with Crippen LogP contribution in [-0.4, -0.2) is 9.13 Å². The van der Waals surface area contributed by atoms with E-state index in [-0.39, 0.29) is 16.9 Å². The lowest BCUT2D eigenvalue weighted by atomic mass is 9.89. The molecule has 0 spiro atoms. The molecule has 0 unspecified atom stereocenters. The van der Waals surface area contributed by atoms with Crippen LogP contribution in [0.5, 0.6) is 0 Å². The van der Waals surface area contributed by atoms with E-state index in [1.807, 2.05) is 94.1 Å². The van der Waals surface area contributed by atoms with Gasteiger partial charge < -0.3 is 9.13 Å². The molecule has 0 saturated heterocycles. The Morgan fingerprint density at radius 2 is 1.00 bits per heavy atom. The van der Waals surface area contributed by atoms with Crippen molar-refractivity contribution in [3.63, 3.8) is 0 Å². The summed E-state index contributed by atoms with van der Waals surface area (Å²) in [4.78, 5) is 7.64. The lowest BCUT2D eigenvalue weighted by Crippen LogP contribution is -2.05. The first kappa shape index (κ1) is 33.7. The predicted octanol–water partition coefficient (Wildman–Crippen LogP) is 13.1. The number of alkyl halides is 3. The fourth-order valence-corrected chi connectivity index (χ4v) is 7.91. The molecule has 7 aromatic carbocycles. The maximum Gasteiger partial charge on any atom is 0.415 e. The Morgan fingerprint density at radius 1 is 0.482 bits per heavy atom. The van der Waals surface area contributed by atoms with E-state index in [0.29, 0.717) is 39.2 Å². The fraction of sp³-hybridized carbons (Fsp3) is 0.0213. The third-order valence-electron chi connectivity index (χ3n) is 10.3. The van der Waals surface area contributed by atoms with Gasteiger partial charge >= 0.3 is 6.18 Å². The quantitative estimate of drug-likeness (QED) is 0.169. The standard InChI is InChI=1S/C47H23F3N6/c1-53-37-12-8-16-44(56-40-14-6-4-10-33(40)36-24-29(27-52)18-22-42(36)56)46(37)45-34(31-20-19-30(47(48,49)50)25-38(31)54-2)11-7-15-43(45)55-39-13-5-3-9-32(39)35-23-28(26-51)17-21-41(35)55/h3-25H. The molecular weight excluding hydrogens is 706 g/mol. The highest BCUT2D eigenvalue weighted by Gasteiger charge is 2.32. The Balaban J connectivity index is 1.48. The van der Waals surface area contributed by atoms with Crippen LogP contribution in [0.25, 0.3) is 86.9 Å². The number of hydrogen-bond donors (Lipinski definition) is 0. The average molecular weight is 729 g/mol. The summed E-state index contributed by atoms with van der Waals surface area (Å²) in [5.74, 6) is 0. The number of benzene rings is 7. The predicted molar refractivity (Wildman–Crippen MR) is 213 cm³/mol. The zero-order chi connectivity index (χ0) is 38.7. The number of rotatable bonds is 4. The third kappa shape index (κ3) is 5.08. The third-order valence-corrected chi connectivity index (χ3v) is 10.3. The van der Waals surface area contributed by atoms with E-state index in [1.54, 1.807) is 36.4 Å². The summed E-state index contributed by atoms with van der Waals surface area (Å²) in [7, 11) is 0. The van der Waals surface area contributed by atoms with Gasteiger partial charge in [0.15, 0.2) is 11.4 Å². The number of hydrogen-bond acceptors (Lipinski definition) is 2. The summed E-state index contributed by atoms with van der Waals surface area (Å²) in [6.45, 7) is 16.6. The summed E-state index contributed by atoms with van der Waals surface area (Å²) in [5, 5.41) is 23.1. The molecule has 9 aromatic rings. The molecule has 0 aliphatic carbocycles. The van der Waals surface area contributed by atoms with E-state index in [2.05, 4.69) is 21.8 Å². The van der Waals surface area contributed by atoms with Gasteiger partial charge in [0, 0.05) is 43.9 Å².